The molecule has 0 aliphatic heterocycles. The first-order valence-electron chi connectivity index (χ1n) is 5.26. The van der Waals surface area contributed by atoms with Crippen molar-refractivity contribution in [3.8, 4) is 0 Å². The summed E-state index contributed by atoms with van der Waals surface area (Å²) >= 11 is 5.46. The first-order chi connectivity index (χ1) is 7.76. The lowest BCUT2D eigenvalue weighted by atomic mass is 10.1. The van der Waals surface area contributed by atoms with E-state index < -0.39 is 0 Å². The zero-order valence-electron chi connectivity index (χ0n) is 9.03. The average molecular weight is 242 g/mol. The van der Waals surface area contributed by atoms with Crippen LogP contribution in [0.2, 0.25) is 0 Å². The fourth-order valence-corrected chi connectivity index (χ4v) is 1.62. The van der Waals surface area contributed by atoms with Gasteiger partial charge in [-0.2, -0.15) is 0 Å². The maximum absolute atomic E-state index is 11.3. The van der Waals surface area contributed by atoms with Gasteiger partial charge in [-0.3, -0.25) is 4.79 Å². The molecule has 3 nitrogen and oxygen atoms in total. The molecule has 88 valence electrons. The number of nitrogens with one attached hydrogen (secondary N) is 1. The predicted molar refractivity (Wildman–Crippen MR) is 64.5 cm³/mol. The van der Waals surface area contributed by atoms with Crippen molar-refractivity contribution in [2.45, 2.75) is 18.9 Å². The lowest BCUT2D eigenvalue weighted by Gasteiger charge is -2.15. The number of halogens is 1. The topological polar surface area (TPSA) is 49.3 Å². The lowest BCUT2D eigenvalue weighted by Crippen LogP contribution is -2.39. The molecule has 0 aliphatic carbocycles. The van der Waals surface area contributed by atoms with Crippen LogP contribution in [0.5, 0.6) is 0 Å². The van der Waals surface area contributed by atoms with Crippen molar-refractivity contribution >= 4 is 17.5 Å². The molecular weight excluding hydrogens is 226 g/mol. The maximum atomic E-state index is 11.3. The summed E-state index contributed by atoms with van der Waals surface area (Å²) in [6.07, 6.45) is 0.915. The molecule has 1 rings (SSSR count). The van der Waals surface area contributed by atoms with Crippen molar-refractivity contribution in [3.63, 3.8) is 0 Å². The third kappa shape index (κ3) is 4.64. The number of amides is 1. The van der Waals surface area contributed by atoms with Crippen LogP contribution in [0.3, 0.4) is 0 Å². The van der Waals surface area contributed by atoms with Crippen LogP contribution in [0.25, 0.3) is 0 Å². The molecule has 1 aromatic rings. The van der Waals surface area contributed by atoms with Gasteiger partial charge in [0.05, 0.1) is 12.6 Å². The van der Waals surface area contributed by atoms with Gasteiger partial charge in [-0.25, -0.2) is 0 Å². The Bertz CT molecular complexity index is 316. The van der Waals surface area contributed by atoms with Gasteiger partial charge in [0.2, 0.25) is 5.91 Å². The minimum absolute atomic E-state index is 0.0665. The fourth-order valence-electron chi connectivity index (χ4n) is 1.45. The van der Waals surface area contributed by atoms with E-state index in [-0.39, 0.29) is 25.0 Å². The van der Waals surface area contributed by atoms with Crippen LogP contribution >= 0.6 is 11.6 Å². The molecule has 0 aliphatic rings. The largest absolute Gasteiger partial charge is 0.394 e. The van der Waals surface area contributed by atoms with Gasteiger partial charge in [-0.15, -0.1) is 11.6 Å². The first-order valence-corrected chi connectivity index (χ1v) is 5.80. The van der Waals surface area contributed by atoms with E-state index in [0.29, 0.717) is 12.3 Å². The minimum Gasteiger partial charge on any atom is -0.394 e. The highest BCUT2D eigenvalue weighted by atomic mass is 35.5. The Morgan fingerprint density at radius 1 is 1.38 bits per heavy atom. The zero-order valence-corrected chi connectivity index (χ0v) is 9.78. The Morgan fingerprint density at radius 3 is 2.62 bits per heavy atom. The Morgan fingerprint density at radius 2 is 2.06 bits per heavy atom. The van der Waals surface area contributed by atoms with E-state index in [1.165, 1.54) is 0 Å². The fraction of sp³-hybridized carbons (Fsp3) is 0.417. The summed E-state index contributed by atoms with van der Waals surface area (Å²) < 4.78 is 0. The van der Waals surface area contributed by atoms with Crippen molar-refractivity contribution in [2.75, 3.05) is 12.5 Å². The number of carbonyl (C=O) groups excluding carboxylic acids is 1. The van der Waals surface area contributed by atoms with E-state index in [0.717, 1.165) is 5.56 Å². The molecule has 2 N–H and O–H groups in total. The summed E-state index contributed by atoms with van der Waals surface area (Å²) in [5.41, 5.74) is 1.09. The van der Waals surface area contributed by atoms with E-state index in [9.17, 15) is 4.79 Å². The van der Waals surface area contributed by atoms with Crippen LogP contribution in [0.1, 0.15) is 12.0 Å². The van der Waals surface area contributed by atoms with Crippen LogP contribution in [0.15, 0.2) is 30.3 Å². The summed E-state index contributed by atoms with van der Waals surface area (Å²) in [6.45, 7) is -0.0665. The zero-order chi connectivity index (χ0) is 11.8. The molecule has 0 bridgehead atoms. The van der Waals surface area contributed by atoms with Gasteiger partial charge in [0.15, 0.2) is 0 Å². The molecule has 1 amide bonds. The number of aliphatic hydroxyl groups excluding tert-OH is 1. The monoisotopic (exact) mass is 241 g/mol. The molecule has 4 heteroatoms. The molecule has 0 fully saturated rings. The van der Waals surface area contributed by atoms with Gasteiger partial charge < -0.3 is 10.4 Å². The highest BCUT2D eigenvalue weighted by Gasteiger charge is 2.11. The van der Waals surface area contributed by atoms with Crippen LogP contribution in [0.4, 0.5) is 0 Å². The second-order valence-electron chi connectivity index (χ2n) is 3.58. The standard InChI is InChI=1S/C12H16ClNO2/c13-7-6-12(16)14-11(9-15)8-10-4-2-1-3-5-10/h1-5,11,15H,6-9H2,(H,14,16). The number of alkyl halides is 1. The third-order valence-corrected chi connectivity index (χ3v) is 2.42. The van der Waals surface area contributed by atoms with E-state index in [1.54, 1.807) is 0 Å². The van der Waals surface area contributed by atoms with Gasteiger partial charge in [0.25, 0.3) is 0 Å². The molecule has 1 unspecified atom stereocenters. The molecule has 16 heavy (non-hydrogen) atoms. The smallest absolute Gasteiger partial charge is 0.221 e. The van der Waals surface area contributed by atoms with Crippen molar-refractivity contribution < 1.29 is 9.90 Å². The Balaban J connectivity index is 2.46. The van der Waals surface area contributed by atoms with Gasteiger partial charge in [0, 0.05) is 12.3 Å². The van der Waals surface area contributed by atoms with Crippen molar-refractivity contribution in [2.24, 2.45) is 0 Å². The second-order valence-corrected chi connectivity index (χ2v) is 3.95. The highest BCUT2D eigenvalue weighted by Crippen LogP contribution is 2.03. The van der Waals surface area contributed by atoms with E-state index in [1.807, 2.05) is 30.3 Å². The average Bonchev–Trinajstić information content (AvgIpc) is 2.30. The van der Waals surface area contributed by atoms with E-state index >= 15 is 0 Å². The summed E-state index contributed by atoms with van der Waals surface area (Å²) in [5, 5.41) is 11.9. The molecule has 1 atom stereocenters. The number of hydrogen-bond acceptors (Lipinski definition) is 2. The SMILES string of the molecule is O=C(CCCl)NC(CO)Cc1ccccc1. The first kappa shape index (κ1) is 13.0. The van der Waals surface area contributed by atoms with Crippen LogP contribution < -0.4 is 5.32 Å². The summed E-state index contributed by atoms with van der Waals surface area (Å²) in [6, 6.07) is 9.50. The molecule has 0 aromatic heterocycles. The van der Waals surface area contributed by atoms with Crippen LogP contribution in [-0.2, 0) is 11.2 Å². The molecule has 0 radical (unpaired) electrons. The maximum Gasteiger partial charge on any atom is 0.221 e. The number of rotatable bonds is 6. The van der Waals surface area contributed by atoms with Gasteiger partial charge in [-0.1, -0.05) is 30.3 Å². The molecule has 0 heterocycles. The quantitative estimate of drug-likeness (QED) is 0.739. The number of benzene rings is 1. The van der Waals surface area contributed by atoms with Crippen molar-refractivity contribution in [3.05, 3.63) is 35.9 Å². The Labute approximate surface area is 100 Å². The summed E-state index contributed by atoms with van der Waals surface area (Å²) in [7, 11) is 0. The van der Waals surface area contributed by atoms with Crippen molar-refractivity contribution in [1.29, 1.82) is 0 Å². The summed E-state index contributed by atoms with van der Waals surface area (Å²) in [4.78, 5) is 11.3. The molecule has 0 spiro atoms. The van der Waals surface area contributed by atoms with Crippen LogP contribution in [-0.4, -0.2) is 29.5 Å². The Kier molecular flexibility index (Phi) is 5.90. The summed E-state index contributed by atoms with van der Waals surface area (Å²) in [5.74, 6) is 0.181. The lowest BCUT2D eigenvalue weighted by molar-refractivity contribution is -0.121. The van der Waals surface area contributed by atoms with E-state index in [4.69, 9.17) is 16.7 Å². The number of hydrogen-bond donors (Lipinski definition) is 2. The third-order valence-electron chi connectivity index (χ3n) is 2.23. The second kappa shape index (κ2) is 7.25. The predicted octanol–water partition coefficient (Wildman–Crippen LogP) is 1.34. The van der Waals surface area contributed by atoms with E-state index in [2.05, 4.69) is 5.32 Å². The minimum atomic E-state index is -0.238. The van der Waals surface area contributed by atoms with Gasteiger partial charge >= 0.3 is 0 Å². The highest BCUT2D eigenvalue weighted by molar-refractivity contribution is 6.18. The van der Waals surface area contributed by atoms with Crippen LogP contribution in [0, 0.1) is 0 Å². The molecule has 0 saturated carbocycles. The normalized spacial score (nSPS) is 12.1. The van der Waals surface area contributed by atoms with Gasteiger partial charge in [0.1, 0.15) is 0 Å². The molecule has 1 aromatic carbocycles. The molecular formula is C12H16ClNO2. The number of carbonyl (C=O) groups is 1. The van der Waals surface area contributed by atoms with Crippen molar-refractivity contribution in [1.82, 2.24) is 5.32 Å². The van der Waals surface area contributed by atoms with Gasteiger partial charge in [-0.05, 0) is 12.0 Å². The Hall–Kier alpha value is -1.06. The molecule has 0 saturated heterocycles. The number of aliphatic hydroxyl groups is 1.